The average molecular weight is 238 g/mol. The largest absolute Gasteiger partial charge is 0.475 e. The van der Waals surface area contributed by atoms with Gasteiger partial charge in [0.15, 0.2) is 0 Å². The minimum absolute atomic E-state index is 0.0813. The van der Waals surface area contributed by atoms with Gasteiger partial charge in [0.05, 0.1) is 12.2 Å². The van der Waals surface area contributed by atoms with Crippen molar-refractivity contribution in [2.75, 3.05) is 13.2 Å². The molecule has 0 saturated heterocycles. The Bertz CT molecular complexity index is 346. The van der Waals surface area contributed by atoms with Gasteiger partial charge in [-0.1, -0.05) is 6.07 Å². The maximum absolute atomic E-state index is 5.84. The lowest BCUT2D eigenvalue weighted by atomic mass is 10.1. The van der Waals surface area contributed by atoms with E-state index in [9.17, 15) is 0 Å². The van der Waals surface area contributed by atoms with Crippen LogP contribution in [0.4, 0.5) is 0 Å². The van der Waals surface area contributed by atoms with Gasteiger partial charge in [0.2, 0.25) is 5.88 Å². The summed E-state index contributed by atoms with van der Waals surface area (Å²) in [4.78, 5) is 4.18. The quantitative estimate of drug-likeness (QED) is 0.800. The molecule has 1 rings (SSSR count). The van der Waals surface area contributed by atoms with E-state index < -0.39 is 0 Å². The Morgan fingerprint density at radius 3 is 2.65 bits per heavy atom. The lowest BCUT2D eigenvalue weighted by Gasteiger charge is -2.20. The third kappa shape index (κ3) is 5.15. The number of nitrogens with two attached hydrogens (primary N) is 1. The fourth-order valence-electron chi connectivity index (χ4n) is 1.36. The zero-order chi connectivity index (χ0) is 12.9. The minimum Gasteiger partial charge on any atom is -0.475 e. The molecule has 0 aliphatic rings. The maximum atomic E-state index is 5.84. The van der Waals surface area contributed by atoms with Crippen LogP contribution in [0.1, 0.15) is 39.3 Å². The summed E-state index contributed by atoms with van der Waals surface area (Å²) >= 11 is 0. The van der Waals surface area contributed by atoms with Gasteiger partial charge in [-0.15, -0.1) is 0 Å². The first-order valence-electron chi connectivity index (χ1n) is 5.87. The van der Waals surface area contributed by atoms with E-state index in [1.54, 1.807) is 6.20 Å². The molecule has 1 atom stereocenters. The molecule has 0 aliphatic carbocycles. The highest BCUT2D eigenvalue weighted by atomic mass is 16.5. The monoisotopic (exact) mass is 238 g/mol. The standard InChI is InChI=1S/C13H22N2O2/c1-10(14)11-6-5-7-15-12(11)16-8-9-17-13(2,3)4/h5-7,10H,8-9,14H2,1-4H3/t10-/m0/s1. The molecule has 0 bridgehead atoms. The summed E-state index contributed by atoms with van der Waals surface area (Å²) in [5, 5.41) is 0. The fourth-order valence-corrected chi connectivity index (χ4v) is 1.36. The molecule has 0 spiro atoms. The van der Waals surface area contributed by atoms with Crippen LogP contribution in [0.5, 0.6) is 5.88 Å². The Kier molecular flexibility index (Phi) is 4.90. The zero-order valence-corrected chi connectivity index (χ0v) is 11.1. The number of aromatic nitrogens is 1. The molecule has 1 aromatic rings. The van der Waals surface area contributed by atoms with Crippen LogP contribution in [-0.4, -0.2) is 23.8 Å². The van der Waals surface area contributed by atoms with E-state index in [-0.39, 0.29) is 11.6 Å². The third-order valence-corrected chi connectivity index (χ3v) is 2.15. The molecule has 0 radical (unpaired) electrons. The molecule has 1 aromatic heterocycles. The van der Waals surface area contributed by atoms with Gasteiger partial charge >= 0.3 is 0 Å². The summed E-state index contributed by atoms with van der Waals surface area (Å²) in [5.41, 5.74) is 6.62. The molecule has 4 heteroatoms. The number of ether oxygens (including phenoxy) is 2. The average Bonchev–Trinajstić information content (AvgIpc) is 2.23. The SMILES string of the molecule is C[C@H](N)c1cccnc1OCCOC(C)(C)C. The number of rotatable bonds is 5. The summed E-state index contributed by atoms with van der Waals surface area (Å²) in [6, 6.07) is 3.71. The van der Waals surface area contributed by atoms with Crippen molar-refractivity contribution < 1.29 is 9.47 Å². The van der Waals surface area contributed by atoms with E-state index in [0.717, 1.165) is 5.56 Å². The topological polar surface area (TPSA) is 57.4 Å². The predicted octanol–water partition coefficient (Wildman–Crippen LogP) is 2.30. The van der Waals surface area contributed by atoms with Gasteiger partial charge in [0, 0.05) is 17.8 Å². The van der Waals surface area contributed by atoms with Crippen molar-refractivity contribution in [1.29, 1.82) is 0 Å². The van der Waals surface area contributed by atoms with Crippen LogP contribution in [0.2, 0.25) is 0 Å². The third-order valence-electron chi connectivity index (χ3n) is 2.15. The Labute approximate surface area is 103 Å². The molecule has 17 heavy (non-hydrogen) atoms. The molecule has 2 N–H and O–H groups in total. The Hall–Kier alpha value is -1.13. The minimum atomic E-state index is -0.141. The van der Waals surface area contributed by atoms with Gasteiger partial charge < -0.3 is 15.2 Å². The Morgan fingerprint density at radius 2 is 2.06 bits per heavy atom. The van der Waals surface area contributed by atoms with Crippen LogP contribution in [0.15, 0.2) is 18.3 Å². The maximum Gasteiger partial charge on any atom is 0.218 e. The van der Waals surface area contributed by atoms with Crippen LogP contribution >= 0.6 is 0 Å². The van der Waals surface area contributed by atoms with Gasteiger partial charge in [0.25, 0.3) is 0 Å². The molecule has 0 aromatic carbocycles. The zero-order valence-electron chi connectivity index (χ0n) is 11.1. The van der Waals surface area contributed by atoms with Crippen molar-refractivity contribution in [3.63, 3.8) is 0 Å². The van der Waals surface area contributed by atoms with Crippen molar-refractivity contribution in [2.45, 2.75) is 39.3 Å². The molecular weight excluding hydrogens is 216 g/mol. The molecule has 4 nitrogen and oxygen atoms in total. The van der Waals surface area contributed by atoms with Crippen LogP contribution in [0.3, 0.4) is 0 Å². The van der Waals surface area contributed by atoms with Crippen molar-refractivity contribution >= 4 is 0 Å². The van der Waals surface area contributed by atoms with E-state index in [1.807, 2.05) is 39.8 Å². The summed E-state index contributed by atoms with van der Waals surface area (Å²) in [7, 11) is 0. The second-order valence-electron chi connectivity index (χ2n) is 5.00. The number of pyridine rings is 1. The molecule has 96 valence electrons. The first-order valence-corrected chi connectivity index (χ1v) is 5.87. The number of hydrogen-bond acceptors (Lipinski definition) is 4. The summed E-state index contributed by atoms with van der Waals surface area (Å²) in [6.45, 7) is 8.98. The van der Waals surface area contributed by atoms with E-state index in [2.05, 4.69) is 4.98 Å². The van der Waals surface area contributed by atoms with Crippen molar-refractivity contribution in [2.24, 2.45) is 5.73 Å². The Morgan fingerprint density at radius 1 is 1.35 bits per heavy atom. The number of nitrogens with zero attached hydrogens (tertiary/aromatic N) is 1. The molecule has 0 amide bonds. The highest BCUT2D eigenvalue weighted by Gasteiger charge is 2.11. The number of hydrogen-bond donors (Lipinski definition) is 1. The van der Waals surface area contributed by atoms with E-state index in [4.69, 9.17) is 15.2 Å². The predicted molar refractivity (Wildman–Crippen MR) is 68.0 cm³/mol. The molecule has 1 heterocycles. The summed E-state index contributed by atoms with van der Waals surface area (Å²) < 4.78 is 11.1. The second kappa shape index (κ2) is 5.98. The van der Waals surface area contributed by atoms with Gasteiger partial charge in [0.1, 0.15) is 6.61 Å². The molecule has 0 saturated carbocycles. The van der Waals surface area contributed by atoms with Gasteiger partial charge in [-0.2, -0.15) is 0 Å². The van der Waals surface area contributed by atoms with Gasteiger partial charge in [-0.05, 0) is 33.8 Å². The van der Waals surface area contributed by atoms with E-state index in [0.29, 0.717) is 19.1 Å². The first-order chi connectivity index (χ1) is 7.90. The highest BCUT2D eigenvalue weighted by molar-refractivity contribution is 5.27. The van der Waals surface area contributed by atoms with Crippen molar-refractivity contribution in [1.82, 2.24) is 4.98 Å². The lowest BCUT2D eigenvalue weighted by Crippen LogP contribution is -2.23. The van der Waals surface area contributed by atoms with Crippen LogP contribution in [0, 0.1) is 0 Å². The van der Waals surface area contributed by atoms with E-state index >= 15 is 0 Å². The fraction of sp³-hybridized carbons (Fsp3) is 0.615. The van der Waals surface area contributed by atoms with E-state index in [1.165, 1.54) is 0 Å². The molecule has 0 fully saturated rings. The van der Waals surface area contributed by atoms with Crippen molar-refractivity contribution in [3.8, 4) is 5.88 Å². The summed E-state index contributed by atoms with van der Waals surface area (Å²) in [6.07, 6.45) is 1.70. The normalized spacial score (nSPS) is 13.5. The van der Waals surface area contributed by atoms with Gasteiger partial charge in [-0.3, -0.25) is 0 Å². The molecular formula is C13H22N2O2. The molecule has 0 aliphatic heterocycles. The van der Waals surface area contributed by atoms with Crippen LogP contribution in [-0.2, 0) is 4.74 Å². The smallest absolute Gasteiger partial charge is 0.218 e. The first kappa shape index (κ1) is 13.9. The summed E-state index contributed by atoms with van der Waals surface area (Å²) in [5.74, 6) is 0.597. The van der Waals surface area contributed by atoms with Gasteiger partial charge in [-0.25, -0.2) is 4.98 Å². The van der Waals surface area contributed by atoms with Crippen LogP contribution in [0.25, 0.3) is 0 Å². The van der Waals surface area contributed by atoms with Crippen LogP contribution < -0.4 is 10.5 Å². The lowest BCUT2D eigenvalue weighted by molar-refractivity contribution is -0.0169. The van der Waals surface area contributed by atoms with Crippen molar-refractivity contribution in [3.05, 3.63) is 23.9 Å². The molecule has 0 unspecified atom stereocenters. The highest BCUT2D eigenvalue weighted by Crippen LogP contribution is 2.20. The Balaban J connectivity index is 2.47. The second-order valence-corrected chi connectivity index (χ2v) is 5.00.